The molecule has 1 fully saturated rings. The number of hydrogen-bond acceptors (Lipinski definition) is 3. The van der Waals surface area contributed by atoms with Gasteiger partial charge in [-0.25, -0.2) is 0 Å². The molecular formula is C17H27N3O. The van der Waals surface area contributed by atoms with Crippen LogP contribution in [-0.2, 0) is 4.79 Å². The molecule has 0 bridgehead atoms. The van der Waals surface area contributed by atoms with E-state index in [4.69, 9.17) is 5.73 Å². The number of nitrogens with one attached hydrogen (secondary N) is 1. The van der Waals surface area contributed by atoms with E-state index in [1.54, 1.807) is 0 Å². The maximum atomic E-state index is 12.5. The average Bonchev–Trinajstić information content (AvgIpc) is 2.98. The summed E-state index contributed by atoms with van der Waals surface area (Å²) >= 11 is 0. The van der Waals surface area contributed by atoms with Crippen LogP contribution in [0, 0.1) is 5.41 Å². The van der Waals surface area contributed by atoms with Gasteiger partial charge in [0.1, 0.15) is 0 Å². The summed E-state index contributed by atoms with van der Waals surface area (Å²) in [6, 6.07) is 10.5. The third kappa shape index (κ3) is 3.63. The Balaban J connectivity index is 2.01. The van der Waals surface area contributed by atoms with E-state index in [1.165, 1.54) is 5.56 Å². The summed E-state index contributed by atoms with van der Waals surface area (Å²) in [5.41, 5.74) is 6.77. The van der Waals surface area contributed by atoms with E-state index in [9.17, 15) is 4.79 Å². The van der Waals surface area contributed by atoms with E-state index in [1.807, 2.05) is 32.3 Å². The van der Waals surface area contributed by atoms with Crippen molar-refractivity contribution in [2.75, 3.05) is 27.2 Å². The monoisotopic (exact) mass is 289 g/mol. The summed E-state index contributed by atoms with van der Waals surface area (Å²) in [4.78, 5) is 14.7. The fourth-order valence-electron chi connectivity index (χ4n) is 3.23. The van der Waals surface area contributed by atoms with Crippen LogP contribution in [0.25, 0.3) is 0 Å². The Morgan fingerprint density at radius 1 is 1.29 bits per heavy atom. The molecule has 0 spiro atoms. The molecule has 116 valence electrons. The molecule has 1 aliphatic carbocycles. The van der Waals surface area contributed by atoms with Crippen LogP contribution in [0.3, 0.4) is 0 Å². The Kier molecular flexibility index (Phi) is 5.37. The summed E-state index contributed by atoms with van der Waals surface area (Å²) in [5, 5.41) is 3.14. The minimum atomic E-state index is -0.326. The fraction of sp³-hybridized carbons (Fsp3) is 0.588. The van der Waals surface area contributed by atoms with Crippen molar-refractivity contribution < 1.29 is 4.79 Å². The second kappa shape index (κ2) is 7.05. The molecule has 1 atom stereocenters. The van der Waals surface area contributed by atoms with Gasteiger partial charge in [-0.15, -0.1) is 0 Å². The third-order valence-electron chi connectivity index (χ3n) is 4.70. The normalized spacial score (nSPS) is 18.7. The molecule has 1 saturated carbocycles. The molecule has 1 aromatic carbocycles. The van der Waals surface area contributed by atoms with Crippen LogP contribution in [0.4, 0.5) is 0 Å². The molecule has 1 unspecified atom stereocenters. The molecule has 1 amide bonds. The van der Waals surface area contributed by atoms with Gasteiger partial charge in [-0.05, 0) is 32.5 Å². The Bertz CT molecular complexity index is 452. The van der Waals surface area contributed by atoms with Gasteiger partial charge in [0.15, 0.2) is 0 Å². The van der Waals surface area contributed by atoms with Crippen molar-refractivity contribution in [2.45, 2.75) is 31.7 Å². The van der Waals surface area contributed by atoms with Crippen molar-refractivity contribution in [2.24, 2.45) is 11.1 Å². The second-order valence-corrected chi connectivity index (χ2v) is 6.29. The smallest absolute Gasteiger partial charge is 0.227 e. The van der Waals surface area contributed by atoms with Crippen molar-refractivity contribution in [3.63, 3.8) is 0 Å². The first-order valence-electron chi connectivity index (χ1n) is 7.79. The van der Waals surface area contributed by atoms with Gasteiger partial charge in [0, 0.05) is 13.1 Å². The van der Waals surface area contributed by atoms with E-state index >= 15 is 0 Å². The molecule has 0 aliphatic heterocycles. The lowest BCUT2D eigenvalue weighted by atomic mass is 9.85. The molecule has 0 heterocycles. The van der Waals surface area contributed by atoms with Gasteiger partial charge in [-0.3, -0.25) is 4.79 Å². The number of benzene rings is 1. The van der Waals surface area contributed by atoms with Crippen LogP contribution in [0.15, 0.2) is 30.3 Å². The Morgan fingerprint density at radius 3 is 2.43 bits per heavy atom. The second-order valence-electron chi connectivity index (χ2n) is 6.29. The highest BCUT2D eigenvalue weighted by Crippen LogP contribution is 2.37. The predicted molar refractivity (Wildman–Crippen MR) is 85.8 cm³/mol. The van der Waals surface area contributed by atoms with Crippen LogP contribution in [0.5, 0.6) is 0 Å². The zero-order valence-electron chi connectivity index (χ0n) is 13.1. The maximum Gasteiger partial charge on any atom is 0.227 e. The predicted octanol–water partition coefficient (Wildman–Crippen LogP) is 1.92. The van der Waals surface area contributed by atoms with Crippen molar-refractivity contribution in [1.29, 1.82) is 0 Å². The molecule has 0 saturated heterocycles. The van der Waals surface area contributed by atoms with Gasteiger partial charge in [-0.1, -0.05) is 43.2 Å². The van der Waals surface area contributed by atoms with Crippen LogP contribution in [0.1, 0.15) is 37.3 Å². The number of hydrogen-bond donors (Lipinski definition) is 2. The SMILES string of the molecule is CN(C)C(CNC(=O)C1(CN)CCCC1)c1ccccc1. The van der Waals surface area contributed by atoms with Gasteiger partial charge in [0.2, 0.25) is 5.91 Å². The van der Waals surface area contributed by atoms with Gasteiger partial charge in [-0.2, -0.15) is 0 Å². The van der Waals surface area contributed by atoms with Crippen molar-refractivity contribution >= 4 is 5.91 Å². The van der Waals surface area contributed by atoms with E-state index < -0.39 is 0 Å². The highest BCUT2D eigenvalue weighted by molar-refractivity contribution is 5.83. The van der Waals surface area contributed by atoms with Crippen LogP contribution in [0.2, 0.25) is 0 Å². The zero-order valence-corrected chi connectivity index (χ0v) is 13.1. The van der Waals surface area contributed by atoms with Crippen molar-refractivity contribution in [3.8, 4) is 0 Å². The maximum absolute atomic E-state index is 12.5. The Hall–Kier alpha value is -1.39. The molecular weight excluding hydrogens is 262 g/mol. The van der Waals surface area contributed by atoms with Crippen molar-refractivity contribution in [1.82, 2.24) is 10.2 Å². The summed E-state index contributed by atoms with van der Waals surface area (Å²) in [5.74, 6) is 0.130. The minimum absolute atomic E-state index is 0.130. The standard InChI is InChI=1S/C17H27N3O/c1-20(2)15(14-8-4-3-5-9-14)12-19-16(21)17(13-18)10-6-7-11-17/h3-5,8-9,15H,6-7,10-13,18H2,1-2H3,(H,19,21). The van der Waals surface area contributed by atoms with E-state index in [2.05, 4.69) is 22.3 Å². The number of nitrogens with zero attached hydrogens (tertiary/aromatic N) is 1. The first-order chi connectivity index (χ1) is 10.1. The highest BCUT2D eigenvalue weighted by Gasteiger charge is 2.39. The lowest BCUT2D eigenvalue weighted by molar-refractivity contribution is -0.130. The number of amides is 1. The molecule has 4 nitrogen and oxygen atoms in total. The van der Waals surface area contributed by atoms with Crippen LogP contribution >= 0.6 is 0 Å². The lowest BCUT2D eigenvalue weighted by Gasteiger charge is -2.29. The Morgan fingerprint density at radius 2 is 1.90 bits per heavy atom. The molecule has 0 aromatic heterocycles. The first-order valence-corrected chi connectivity index (χ1v) is 7.79. The van der Waals surface area contributed by atoms with Crippen LogP contribution in [-0.4, -0.2) is 38.0 Å². The third-order valence-corrected chi connectivity index (χ3v) is 4.70. The van der Waals surface area contributed by atoms with E-state index in [0.29, 0.717) is 13.1 Å². The fourth-order valence-corrected chi connectivity index (χ4v) is 3.23. The van der Waals surface area contributed by atoms with E-state index in [-0.39, 0.29) is 17.4 Å². The average molecular weight is 289 g/mol. The quantitative estimate of drug-likeness (QED) is 0.841. The largest absolute Gasteiger partial charge is 0.354 e. The zero-order chi connectivity index (χ0) is 15.3. The van der Waals surface area contributed by atoms with Gasteiger partial charge in [0.05, 0.1) is 11.5 Å². The molecule has 4 heteroatoms. The number of rotatable bonds is 6. The van der Waals surface area contributed by atoms with Gasteiger partial charge in [0.25, 0.3) is 0 Å². The summed E-state index contributed by atoms with van der Waals surface area (Å²) in [6.45, 7) is 1.08. The number of carbonyl (C=O) groups is 1. The molecule has 3 N–H and O–H groups in total. The number of likely N-dealkylation sites (N-methyl/N-ethyl adjacent to an activating group) is 1. The van der Waals surface area contributed by atoms with Crippen molar-refractivity contribution in [3.05, 3.63) is 35.9 Å². The minimum Gasteiger partial charge on any atom is -0.354 e. The summed E-state index contributed by atoms with van der Waals surface area (Å²) in [7, 11) is 4.08. The topological polar surface area (TPSA) is 58.4 Å². The van der Waals surface area contributed by atoms with Gasteiger partial charge >= 0.3 is 0 Å². The van der Waals surface area contributed by atoms with Gasteiger partial charge < -0.3 is 16.0 Å². The molecule has 21 heavy (non-hydrogen) atoms. The summed E-state index contributed by atoms with van der Waals surface area (Å²) < 4.78 is 0. The van der Waals surface area contributed by atoms with Crippen LogP contribution < -0.4 is 11.1 Å². The lowest BCUT2D eigenvalue weighted by Crippen LogP contribution is -2.46. The number of nitrogens with two attached hydrogens (primary N) is 1. The first kappa shape index (κ1) is 16.0. The summed E-state index contributed by atoms with van der Waals surface area (Å²) in [6.07, 6.45) is 4.07. The highest BCUT2D eigenvalue weighted by atomic mass is 16.2. The molecule has 2 rings (SSSR count). The molecule has 0 radical (unpaired) electrons. The Labute approximate surface area is 127 Å². The van der Waals surface area contributed by atoms with E-state index in [0.717, 1.165) is 25.7 Å². The molecule has 1 aliphatic rings. The number of carbonyl (C=O) groups excluding carboxylic acids is 1. The molecule has 1 aromatic rings.